The molecule has 1 fully saturated rings. The number of nitrogens with zero attached hydrogens (tertiary/aromatic N) is 1. The molecule has 0 aromatic rings. The van der Waals surface area contributed by atoms with Crippen LogP contribution in [0.5, 0.6) is 0 Å². The second-order valence-electron chi connectivity index (χ2n) is 6.21. The zero-order chi connectivity index (χ0) is 12.8. The van der Waals surface area contributed by atoms with Crippen molar-refractivity contribution < 1.29 is 9.90 Å². The molecule has 2 aliphatic rings. The highest BCUT2D eigenvalue weighted by molar-refractivity contribution is 6.04. The minimum absolute atomic E-state index is 0.0427. The molecule has 3 atom stereocenters. The van der Waals surface area contributed by atoms with Crippen molar-refractivity contribution in [2.45, 2.75) is 46.1 Å². The quantitative estimate of drug-likeness (QED) is 0.697. The van der Waals surface area contributed by atoms with Gasteiger partial charge in [-0.15, -0.1) is 0 Å². The summed E-state index contributed by atoms with van der Waals surface area (Å²) in [6.45, 7) is 5.92. The third-order valence-corrected chi connectivity index (χ3v) is 4.56. The maximum atomic E-state index is 12.2. The summed E-state index contributed by atoms with van der Waals surface area (Å²) < 4.78 is 0. The molecule has 0 aromatic heterocycles. The van der Waals surface area contributed by atoms with Crippen molar-refractivity contribution in [3.05, 3.63) is 11.6 Å². The van der Waals surface area contributed by atoms with Gasteiger partial charge in [0, 0.05) is 5.41 Å². The largest absolute Gasteiger partial charge is 0.393 e. The standard InChI is InChI=1S/C14H19NO2/c1-13(2)11-5-4-10(16)7-14(11,3)6-9(8-15)12(13)17/h6,10-11,16H,4-5,7H2,1-3H3/t10-,11-,14-/m0/s1. The number of fused-ring (bicyclic) bond motifs is 1. The van der Waals surface area contributed by atoms with E-state index >= 15 is 0 Å². The number of hydrogen-bond acceptors (Lipinski definition) is 3. The summed E-state index contributed by atoms with van der Waals surface area (Å²) in [6.07, 6.45) is 3.75. The van der Waals surface area contributed by atoms with Crippen LogP contribution < -0.4 is 0 Å². The number of aliphatic hydroxyl groups excluding tert-OH is 1. The van der Waals surface area contributed by atoms with Gasteiger partial charge in [0.25, 0.3) is 0 Å². The first-order valence-electron chi connectivity index (χ1n) is 6.17. The number of allylic oxidation sites excluding steroid dienone is 2. The van der Waals surface area contributed by atoms with Crippen molar-refractivity contribution in [2.75, 3.05) is 0 Å². The predicted octanol–water partition coefficient (Wildman–Crippen LogP) is 2.21. The van der Waals surface area contributed by atoms with Gasteiger partial charge in [-0.1, -0.05) is 26.8 Å². The molecule has 0 unspecified atom stereocenters. The molecule has 2 rings (SSSR count). The van der Waals surface area contributed by atoms with E-state index in [9.17, 15) is 9.90 Å². The molecule has 0 amide bonds. The summed E-state index contributed by atoms with van der Waals surface area (Å²) in [6, 6.07) is 2.01. The van der Waals surface area contributed by atoms with E-state index < -0.39 is 5.41 Å². The molecule has 92 valence electrons. The van der Waals surface area contributed by atoms with Gasteiger partial charge in [0.2, 0.25) is 0 Å². The van der Waals surface area contributed by atoms with Crippen LogP contribution in [0.3, 0.4) is 0 Å². The van der Waals surface area contributed by atoms with E-state index in [4.69, 9.17) is 5.26 Å². The zero-order valence-electron chi connectivity index (χ0n) is 10.7. The van der Waals surface area contributed by atoms with E-state index in [-0.39, 0.29) is 28.8 Å². The number of nitriles is 1. The van der Waals surface area contributed by atoms with E-state index in [1.54, 1.807) is 6.08 Å². The summed E-state index contributed by atoms with van der Waals surface area (Å²) in [5.74, 6) is 0.182. The number of Topliss-reactive ketones (excluding diaryl/α,β-unsaturated/α-hetero) is 1. The van der Waals surface area contributed by atoms with Gasteiger partial charge in [0.15, 0.2) is 5.78 Å². The van der Waals surface area contributed by atoms with Crippen molar-refractivity contribution in [1.82, 2.24) is 0 Å². The molecule has 0 aromatic carbocycles. The fraction of sp³-hybridized carbons (Fsp3) is 0.714. The SMILES string of the molecule is CC1(C)C(=O)C(C#N)=C[C@@]2(C)C[C@@H](O)CC[C@@H]12. The van der Waals surface area contributed by atoms with Crippen LogP contribution in [-0.2, 0) is 4.79 Å². The Balaban J connectivity index is 2.51. The molecular weight excluding hydrogens is 214 g/mol. The van der Waals surface area contributed by atoms with E-state index in [0.717, 1.165) is 12.8 Å². The lowest BCUT2D eigenvalue weighted by Crippen LogP contribution is -2.50. The Morgan fingerprint density at radius 3 is 2.65 bits per heavy atom. The fourth-order valence-corrected chi connectivity index (χ4v) is 3.77. The van der Waals surface area contributed by atoms with Crippen LogP contribution in [0.1, 0.15) is 40.0 Å². The Kier molecular flexibility index (Phi) is 2.67. The highest BCUT2D eigenvalue weighted by atomic mass is 16.3. The molecular formula is C14H19NO2. The lowest BCUT2D eigenvalue weighted by molar-refractivity contribution is -0.132. The van der Waals surface area contributed by atoms with Gasteiger partial charge >= 0.3 is 0 Å². The predicted molar refractivity (Wildman–Crippen MR) is 63.9 cm³/mol. The molecule has 0 saturated heterocycles. The maximum absolute atomic E-state index is 12.2. The molecule has 0 heterocycles. The van der Waals surface area contributed by atoms with Gasteiger partial charge < -0.3 is 5.11 Å². The molecule has 3 nitrogen and oxygen atoms in total. The third kappa shape index (κ3) is 1.71. The molecule has 0 aliphatic heterocycles. The Hall–Kier alpha value is -1.14. The topological polar surface area (TPSA) is 61.1 Å². The minimum atomic E-state index is -0.491. The molecule has 0 spiro atoms. The average Bonchev–Trinajstić information content (AvgIpc) is 2.23. The van der Waals surface area contributed by atoms with Gasteiger partial charge in [-0.05, 0) is 30.6 Å². The average molecular weight is 233 g/mol. The molecule has 1 N–H and O–H groups in total. The first kappa shape index (κ1) is 12.3. The molecule has 2 aliphatic carbocycles. The molecule has 17 heavy (non-hydrogen) atoms. The van der Waals surface area contributed by atoms with Crippen LogP contribution in [0, 0.1) is 28.1 Å². The van der Waals surface area contributed by atoms with Crippen LogP contribution in [0.4, 0.5) is 0 Å². The highest BCUT2D eigenvalue weighted by Gasteiger charge is 2.53. The van der Waals surface area contributed by atoms with E-state index in [0.29, 0.717) is 6.42 Å². The number of rotatable bonds is 0. The summed E-state index contributed by atoms with van der Waals surface area (Å²) in [5, 5.41) is 18.9. The molecule has 3 heteroatoms. The summed E-state index contributed by atoms with van der Waals surface area (Å²) in [4.78, 5) is 12.2. The van der Waals surface area contributed by atoms with Gasteiger partial charge in [0.05, 0.1) is 11.7 Å². The monoisotopic (exact) mass is 233 g/mol. The van der Waals surface area contributed by atoms with Gasteiger partial charge in [-0.2, -0.15) is 5.26 Å². The van der Waals surface area contributed by atoms with Crippen LogP contribution >= 0.6 is 0 Å². The minimum Gasteiger partial charge on any atom is -0.393 e. The number of hydrogen-bond donors (Lipinski definition) is 1. The summed E-state index contributed by atoms with van der Waals surface area (Å²) >= 11 is 0. The lowest BCUT2D eigenvalue weighted by atomic mass is 9.52. The Bertz CT molecular complexity index is 430. The van der Waals surface area contributed by atoms with Crippen LogP contribution in [0.25, 0.3) is 0 Å². The maximum Gasteiger partial charge on any atom is 0.178 e. The summed E-state index contributed by atoms with van der Waals surface area (Å²) in [5.41, 5.74) is -0.447. The Morgan fingerprint density at radius 2 is 2.06 bits per heavy atom. The molecule has 0 radical (unpaired) electrons. The normalized spacial score (nSPS) is 40.2. The van der Waals surface area contributed by atoms with Crippen molar-refractivity contribution in [2.24, 2.45) is 16.7 Å². The smallest absolute Gasteiger partial charge is 0.178 e. The second kappa shape index (κ2) is 3.68. The van der Waals surface area contributed by atoms with E-state index in [1.165, 1.54) is 0 Å². The van der Waals surface area contributed by atoms with Crippen LogP contribution in [-0.4, -0.2) is 17.0 Å². The zero-order valence-corrected chi connectivity index (χ0v) is 10.7. The molecule has 0 bridgehead atoms. The van der Waals surface area contributed by atoms with Crippen LogP contribution in [0.15, 0.2) is 11.6 Å². The van der Waals surface area contributed by atoms with Crippen molar-refractivity contribution >= 4 is 5.78 Å². The van der Waals surface area contributed by atoms with Crippen molar-refractivity contribution in [3.8, 4) is 6.07 Å². The highest BCUT2D eigenvalue weighted by Crippen LogP contribution is 2.54. The van der Waals surface area contributed by atoms with Gasteiger partial charge in [0.1, 0.15) is 6.07 Å². The van der Waals surface area contributed by atoms with Crippen molar-refractivity contribution in [1.29, 1.82) is 5.26 Å². The van der Waals surface area contributed by atoms with E-state index in [1.807, 2.05) is 19.9 Å². The summed E-state index contributed by atoms with van der Waals surface area (Å²) in [7, 11) is 0. The van der Waals surface area contributed by atoms with Gasteiger partial charge in [-0.3, -0.25) is 4.79 Å². The first-order chi connectivity index (χ1) is 7.81. The Morgan fingerprint density at radius 1 is 1.41 bits per heavy atom. The molecule has 1 saturated carbocycles. The lowest BCUT2D eigenvalue weighted by Gasteiger charge is -2.51. The Labute approximate surface area is 102 Å². The first-order valence-corrected chi connectivity index (χ1v) is 6.17. The second-order valence-corrected chi connectivity index (χ2v) is 6.21. The number of carbonyl (C=O) groups is 1. The third-order valence-electron chi connectivity index (χ3n) is 4.56. The number of aliphatic hydroxyl groups is 1. The fourth-order valence-electron chi connectivity index (χ4n) is 3.77. The van der Waals surface area contributed by atoms with Crippen molar-refractivity contribution in [3.63, 3.8) is 0 Å². The number of carbonyl (C=O) groups excluding carboxylic acids is 1. The van der Waals surface area contributed by atoms with Gasteiger partial charge in [-0.25, -0.2) is 0 Å². The number of ketones is 1. The van der Waals surface area contributed by atoms with E-state index in [2.05, 4.69) is 6.92 Å². The van der Waals surface area contributed by atoms with Crippen LogP contribution in [0.2, 0.25) is 0 Å².